The number of nitrogens with one attached hydrogen (secondary N) is 1. The summed E-state index contributed by atoms with van der Waals surface area (Å²) < 4.78 is 15.9. The molecule has 31 heavy (non-hydrogen) atoms. The Hall–Kier alpha value is -3.41. The minimum Gasteiger partial charge on any atom is -0.482 e. The minimum atomic E-state index is -0.459. The topological polar surface area (TPSA) is 101 Å². The van der Waals surface area contributed by atoms with Gasteiger partial charge >= 0.3 is 5.97 Å². The van der Waals surface area contributed by atoms with Gasteiger partial charge in [-0.05, 0) is 56.1 Å². The van der Waals surface area contributed by atoms with Crippen molar-refractivity contribution in [2.75, 3.05) is 47.5 Å². The summed E-state index contributed by atoms with van der Waals surface area (Å²) in [6, 6.07) is 15.6. The Bertz CT molecular complexity index is 889. The highest BCUT2D eigenvalue weighted by Crippen LogP contribution is 2.21. The van der Waals surface area contributed by atoms with E-state index in [-0.39, 0.29) is 25.2 Å². The molecule has 0 aliphatic carbocycles. The molecule has 2 aromatic carbocycles. The smallest absolute Gasteiger partial charge is 0.343 e. The summed E-state index contributed by atoms with van der Waals surface area (Å²) in [5, 5.41) is 11.8. The number of benzene rings is 2. The van der Waals surface area contributed by atoms with E-state index >= 15 is 0 Å². The molecule has 2 aromatic rings. The summed E-state index contributed by atoms with van der Waals surface area (Å²) in [4.78, 5) is 25.7. The Labute approximate surface area is 182 Å². The minimum absolute atomic E-state index is 0.167. The van der Waals surface area contributed by atoms with E-state index in [0.29, 0.717) is 23.5 Å². The molecule has 0 fully saturated rings. The number of carbonyl (C=O) groups is 2. The predicted molar refractivity (Wildman–Crippen MR) is 115 cm³/mol. The Morgan fingerprint density at radius 2 is 1.77 bits per heavy atom. The number of hydrogen-bond acceptors (Lipinski definition) is 7. The number of methoxy groups -OCH3 is 1. The predicted octanol–water partition coefficient (Wildman–Crippen LogP) is 2.16. The summed E-state index contributed by atoms with van der Waals surface area (Å²) in [7, 11) is 5.22. The summed E-state index contributed by atoms with van der Waals surface area (Å²) in [5.41, 5.74) is 1.83. The Balaban J connectivity index is 2.02. The zero-order chi connectivity index (χ0) is 22.6. The zero-order valence-electron chi connectivity index (χ0n) is 18.0. The van der Waals surface area contributed by atoms with Gasteiger partial charge in [-0.1, -0.05) is 12.1 Å². The summed E-state index contributed by atoms with van der Waals surface area (Å²) >= 11 is 0. The SMILES string of the molecule is COC(=O)COc1ccc([C@@H](CNC(=O)c2ccc(C#N)cc2)OCCN(C)C)cc1. The van der Waals surface area contributed by atoms with E-state index in [1.807, 2.05) is 37.2 Å². The van der Waals surface area contributed by atoms with E-state index in [1.54, 1.807) is 36.4 Å². The molecule has 0 saturated heterocycles. The van der Waals surface area contributed by atoms with Gasteiger partial charge in [0.25, 0.3) is 5.91 Å². The van der Waals surface area contributed by atoms with Crippen molar-refractivity contribution in [1.82, 2.24) is 10.2 Å². The van der Waals surface area contributed by atoms with Crippen LogP contribution in [-0.2, 0) is 14.3 Å². The molecular formula is C23H27N3O5. The third-order valence-corrected chi connectivity index (χ3v) is 4.42. The van der Waals surface area contributed by atoms with Crippen molar-refractivity contribution in [3.8, 4) is 11.8 Å². The molecule has 0 aliphatic heterocycles. The fourth-order valence-electron chi connectivity index (χ4n) is 2.61. The first-order chi connectivity index (χ1) is 14.9. The number of likely N-dealkylation sites (N-methyl/N-ethyl adjacent to an activating group) is 1. The van der Waals surface area contributed by atoms with Gasteiger partial charge in [0.1, 0.15) is 5.75 Å². The van der Waals surface area contributed by atoms with Gasteiger partial charge in [0.2, 0.25) is 0 Å². The maximum Gasteiger partial charge on any atom is 0.343 e. The molecule has 1 amide bonds. The number of hydrogen-bond donors (Lipinski definition) is 1. The van der Waals surface area contributed by atoms with Crippen molar-refractivity contribution < 1.29 is 23.8 Å². The Kier molecular flexibility index (Phi) is 9.49. The highest BCUT2D eigenvalue weighted by Gasteiger charge is 2.15. The number of nitrogens with zero attached hydrogens (tertiary/aromatic N) is 2. The van der Waals surface area contributed by atoms with Crippen LogP contribution in [0, 0.1) is 11.3 Å². The largest absolute Gasteiger partial charge is 0.482 e. The highest BCUT2D eigenvalue weighted by atomic mass is 16.6. The molecule has 8 heteroatoms. The van der Waals surface area contributed by atoms with Gasteiger partial charge in [0.15, 0.2) is 6.61 Å². The van der Waals surface area contributed by atoms with Gasteiger partial charge in [-0.3, -0.25) is 4.79 Å². The first-order valence-electron chi connectivity index (χ1n) is 9.77. The van der Waals surface area contributed by atoms with Gasteiger partial charge in [-0.25, -0.2) is 4.79 Å². The van der Waals surface area contributed by atoms with Crippen LogP contribution in [0.15, 0.2) is 48.5 Å². The first-order valence-corrected chi connectivity index (χ1v) is 9.77. The zero-order valence-corrected chi connectivity index (χ0v) is 18.0. The standard InChI is InChI=1S/C23H27N3O5/c1-26(2)12-13-30-21(15-25-23(28)19-6-4-17(14-24)5-7-19)18-8-10-20(11-9-18)31-16-22(27)29-3/h4-11,21H,12-13,15-16H2,1-3H3,(H,25,28)/t21-/m1/s1. The Morgan fingerprint density at radius 1 is 1.10 bits per heavy atom. The van der Waals surface area contributed by atoms with E-state index in [0.717, 1.165) is 12.1 Å². The maximum absolute atomic E-state index is 12.5. The second-order valence-corrected chi connectivity index (χ2v) is 7.00. The van der Waals surface area contributed by atoms with Crippen molar-refractivity contribution >= 4 is 11.9 Å². The van der Waals surface area contributed by atoms with E-state index in [1.165, 1.54) is 7.11 Å². The molecule has 0 aliphatic rings. The number of nitriles is 1. The highest BCUT2D eigenvalue weighted by molar-refractivity contribution is 5.94. The van der Waals surface area contributed by atoms with Crippen LogP contribution >= 0.6 is 0 Å². The van der Waals surface area contributed by atoms with E-state index in [4.69, 9.17) is 14.7 Å². The van der Waals surface area contributed by atoms with Gasteiger partial charge in [0.05, 0.1) is 31.5 Å². The van der Waals surface area contributed by atoms with Crippen LogP contribution in [0.4, 0.5) is 0 Å². The molecule has 0 unspecified atom stereocenters. The van der Waals surface area contributed by atoms with E-state index < -0.39 is 5.97 Å². The summed E-state index contributed by atoms with van der Waals surface area (Å²) in [5.74, 6) is -0.175. The molecule has 0 bridgehead atoms. The van der Waals surface area contributed by atoms with Crippen LogP contribution in [0.5, 0.6) is 5.75 Å². The molecule has 8 nitrogen and oxygen atoms in total. The van der Waals surface area contributed by atoms with Crippen molar-refractivity contribution in [3.05, 3.63) is 65.2 Å². The molecule has 164 valence electrons. The third kappa shape index (κ3) is 8.09. The maximum atomic E-state index is 12.5. The lowest BCUT2D eigenvalue weighted by Crippen LogP contribution is -2.30. The second-order valence-electron chi connectivity index (χ2n) is 7.00. The molecule has 0 spiro atoms. The summed E-state index contributed by atoms with van der Waals surface area (Å²) in [6.45, 7) is 1.33. The van der Waals surface area contributed by atoms with Crippen molar-refractivity contribution in [2.45, 2.75) is 6.10 Å². The molecule has 2 rings (SSSR count). The monoisotopic (exact) mass is 425 g/mol. The van der Waals surface area contributed by atoms with Crippen LogP contribution in [0.3, 0.4) is 0 Å². The lowest BCUT2D eigenvalue weighted by molar-refractivity contribution is -0.142. The van der Waals surface area contributed by atoms with Crippen LogP contribution in [0.25, 0.3) is 0 Å². The lowest BCUT2D eigenvalue weighted by atomic mass is 10.1. The number of carbonyl (C=O) groups excluding carboxylic acids is 2. The average molecular weight is 425 g/mol. The molecule has 1 N–H and O–H groups in total. The Morgan fingerprint density at radius 3 is 2.35 bits per heavy atom. The van der Waals surface area contributed by atoms with Crippen molar-refractivity contribution in [2.24, 2.45) is 0 Å². The quantitative estimate of drug-likeness (QED) is 0.551. The number of rotatable bonds is 11. The second kappa shape index (κ2) is 12.3. The van der Waals surface area contributed by atoms with Gasteiger partial charge < -0.3 is 24.4 Å². The lowest BCUT2D eigenvalue weighted by Gasteiger charge is -2.21. The van der Waals surface area contributed by atoms with Gasteiger partial charge in [-0.15, -0.1) is 0 Å². The molecule has 1 atom stereocenters. The molecular weight excluding hydrogens is 398 g/mol. The molecule has 0 saturated carbocycles. The third-order valence-electron chi connectivity index (χ3n) is 4.42. The fraction of sp³-hybridized carbons (Fsp3) is 0.348. The van der Waals surface area contributed by atoms with Crippen LogP contribution in [0.2, 0.25) is 0 Å². The van der Waals surface area contributed by atoms with Crippen LogP contribution in [0.1, 0.15) is 27.6 Å². The number of esters is 1. The molecule has 0 heterocycles. The normalized spacial score (nSPS) is 11.5. The number of amides is 1. The van der Waals surface area contributed by atoms with Crippen molar-refractivity contribution in [3.63, 3.8) is 0 Å². The van der Waals surface area contributed by atoms with Crippen LogP contribution in [-0.4, -0.2) is 64.3 Å². The molecule has 0 radical (unpaired) electrons. The van der Waals surface area contributed by atoms with E-state index in [2.05, 4.69) is 10.1 Å². The molecule has 0 aromatic heterocycles. The first kappa shape index (κ1) is 23.9. The van der Waals surface area contributed by atoms with Crippen LogP contribution < -0.4 is 10.1 Å². The van der Waals surface area contributed by atoms with E-state index in [9.17, 15) is 9.59 Å². The fourth-order valence-corrected chi connectivity index (χ4v) is 2.61. The van der Waals surface area contributed by atoms with Gasteiger partial charge in [-0.2, -0.15) is 5.26 Å². The average Bonchev–Trinajstić information content (AvgIpc) is 2.79. The number of ether oxygens (including phenoxy) is 3. The summed E-state index contributed by atoms with van der Waals surface area (Å²) in [6.07, 6.45) is -0.364. The van der Waals surface area contributed by atoms with Crippen molar-refractivity contribution in [1.29, 1.82) is 5.26 Å². The van der Waals surface area contributed by atoms with Gasteiger partial charge in [0, 0.05) is 18.7 Å².